The fourth-order valence-corrected chi connectivity index (χ4v) is 3.16. The van der Waals surface area contributed by atoms with E-state index in [0.717, 1.165) is 23.1 Å². The van der Waals surface area contributed by atoms with Crippen molar-refractivity contribution in [3.05, 3.63) is 46.7 Å². The van der Waals surface area contributed by atoms with Crippen LogP contribution >= 0.6 is 11.3 Å². The molecule has 154 valence electrons. The molecule has 3 rings (SSSR count). The first-order chi connectivity index (χ1) is 13.7. The van der Waals surface area contributed by atoms with Gasteiger partial charge < -0.3 is 14.6 Å². The Morgan fingerprint density at radius 1 is 1.24 bits per heavy atom. The maximum absolute atomic E-state index is 13.1. The van der Waals surface area contributed by atoms with Gasteiger partial charge in [-0.25, -0.2) is 14.2 Å². The van der Waals surface area contributed by atoms with E-state index in [9.17, 15) is 22.4 Å². The first-order valence-corrected chi connectivity index (χ1v) is 9.07. The van der Waals surface area contributed by atoms with Crippen molar-refractivity contribution < 1.29 is 31.6 Å². The number of carbonyl (C=O) groups is 1. The van der Waals surface area contributed by atoms with Crippen molar-refractivity contribution in [2.75, 3.05) is 6.54 Å². The summed E-state index contributed by atoms with van der Waals surface area (Å²) < 4.78 is 59.3. The van der Waals surface area contributed by atoms with Gasteiger partial charge in [-0.2, -0.15) is 13.2 Å². The van der Waals surface area contributed by atoms with Crippen molar-refractivity contribution in [3.63, 3.8) is 0 Å². The number of aromatic nitrogens is 3. The zero-order chi connectivity index (χ0) is 21.0. The highest BCUT2D eigenvalue weighted by Crippen LogP contribution is 2.27. The standard InChI is InChI=1S/C17H14F4N4O3S/c1-9-11(15(25-28-9)12-4-2-10(18)6-22-12)3-5-13-23-7-14(29-13)27-16(26)24-8-17(19,20)21/h2,4,6-7H,3,5,8H2,1H3,(H,24,26). The lowest BCUT2D eigenvalue weighted by Crippen LogP contribution is -2.35. The predicted octanol–water partition coefficient (Wildman–Crippen LogP) is 4.08. The second-order valence-electron chi connectivity index (χ2n) is 5.86. The van der Waals surface area contributed by atoms with Gasteiger partial charge in [-0.15, -0.1) is 0 Å². The summed E-state index contributed by atoms with van der Waals surface area (Å²) in [5, 5.41) is 6.25. The average Bonchev–Trinajstić information content (AvgIpc) is 3.25. The number of pyridine rings is 1. The van der Waals surface area contributed by atoms with Gasteiger partial charge in [-0.1, -0.05) is 16.5 Å². The van der Waals surface area contributed by atoms with Crippen molar-refractivity contribution >= 4 is 17.4 Å². The molecule has 0 aliphatic heterocycles. The Labute approximate surface area is 165 Å². The number of hydrogen-bond donors (Lipinski definition) is 1. The van der Waals surface area contributed by atoms with Crippen LogP contribution in [0.4, 0.5) is 22.4 Å². The summed E-state index contributed by atoms with van der Waals surface area (Å²) in [6.45, 7) is 0.251. The molecule has 0 saturated heterocycles. The third-order valence-corrected chi connectivity index (χ3v) is 4.64. The number of aryl methyl sites for hydroxylation is 2. The summed E-state index contributed by atoms with van der Waals surface area (Å²) in [4.78, 5) is 19.5. The zero-order valence-corrected chi connectivity index (χ0v) is 15.7. The Bertz CT molecular complexity index is 985. The van der Waals surface area contributed by atoms with Crippen LogP contribution in [0.2, 0.25) is 0 Å². The number of nitrogens with zero attached hydrogens (tertiary/aromatic N) is 3. The molecule has 0 atom stereocenters. The molecule has 7 nitrogen and oxygen atoms in total. The highest BCUT2D eigenvalue weighted by molar-refractivity contribution is 7.13. The fraction of sp³-hybridized carbons (Fsp3) is 0.294. The van der Waals surface area contributed by atoms with Crippen LogP contribution in [0.15, 0.2) is 29.0 Å². The van der Waals surface area contributed by atoms with Gasteiger partial charge in [0, 0.05) is 12.0 Å². The summed E-state index contributed by atoms with van der Waals surface area (Å²) in [6.07, 6.45) is -2.48. The zero-order valence-electron chi connectivity index (χ0n) is 14.9. The van der Waals surface area contributed by atoms with E-state index in [4.69, 9.17) is 9.26 Å². The summed E-state index contributed by atoms with van der Waals surface area (Å²) in [5.41, 5.74) is 1.72. The third kappa shape index (κ3) is 5.73. The van der Waals surface area contributed by atoms with Crippen molar-refractivity contribution in [1.82, 2.24) is 20.4 Å². The number of thiazole rings is 1. The Balaban J connectivity index is 1.61. The van der Waals surface area contributed by atoms with Gasteiger partial charge in [0.1, 0.15) is 23.8 Å². The molecule has 3 aromatic heterocycles. The Morgan fingerprint density at radius 2 is 2.03 bits per heavy atom. The number of rotatable bonds is 6. The summed E-state index contributed by atoms with van der Waals surface area (Å²) in [6, 6.07) is 2.76. The maximum atomic E-state index is 13.1. The molecular formula is C17H14F4N4O3S. The monoisotopic (exact) mass is 430 g/mol. The van der Waals surface area contributed by atoms with Crippen molar-refractivity contribution in [1.29, 1.82) is 0 Å². The van der Waals surface area contributed by atoms with Crippen LogP contribution in [0.1, 0.15) is 16.3 Å². The molecule has 0 saturated carbocycles. The van der Waals surface area contributed by atoms with Crippen molar-refractivity contribution in [2.24, 2.45) is 0 Å². The van der Waals surface area contributed by atoms with Crippen LogP contribution < -0.4 is 10.1 Å². The molecule has 0 aliphatic carbocycles. The molecule has 12 heteroatoms. The number of carbonyl (C=O) groups excluding carboxylic acids is 1. The Hall–Kier alpha value is -3.02. The Morgan fingerprint density at radius 3 is 2.72 bits per heavy atom. The molecule has 0 fully saturated rings. The molecule has 3 aromatic rings. The van der Waals surface area contributed by atoms with Gasteiger partial charge in [0.15, 0.2) is 0 Å². The normalized spacial score (nSPS) is 11.5. The number of halogens is 4. The fourth-order valence-electron chi connectivity index (χ4n) is 2.39. The number of alkyl halides is 3. The van der Waals surface area contributed by atoms with Crippen molar-refractivity contribution in [2.45, 2.75) is 25.9 Å². The second-order valence-corrected chi connectivity index (χ2v) is 6.94. The molecule has 0 unspecified atom stereocenters. The molecule has 3 heterocycles. The molecule has 29 heavy (non-hydrogen) atoms. The van der Waals surface area contributed by atoms with E-state index >= 15 is 0 Å². The van der Waals surface area contributed by atoms with E-state index in [-0.39, 0.29) is 5.06 Å². The lowest BCUT2D eigenvalue weighted by Gasteiger charge is -2.07. The molecule has 0 radical (unpaired) electrons. The largest absolute Gasteiger partial charge is 0.413 e. The van der Waals surface area contributed by atoms with Gasteiger partial charge in [-0.05, 0) is 25.5 Å². The lowest BCUT2D eigenvalue weighted by atomic mass is 10.1. The lowest BCUT2D eigenvalue weighted by molar-refractivity contribution is -0.123. The van der Waals surface area contributed by atoms with Crippen LogP contribution in [-0.4, -0.2) is 33.9 Å². The van der Waals surface area contributed by atoms with E-state index in [1.54, 1.807) is 12.2 Å². The molecule has 0 aromatic carbocycles. The van der Waals surface area contributed by atoms with Crippen LogP contribution in [0.5, 0.6) is 5.06 Å². The van der Waals surface area contributed by atoms with Crippen LogP contribution in [0, 0.1) is 12.7 Å². The van der Waals surface area contributed by atoms with Gasteiger partial charge in [0.25, 0.3) is 0 Å². The first-order valence-electron chi connectivity index (χ1n) is 8.25. The van der Waals surface area contributed by atoms with Crippen LogP contribution in [0.3, 0.4) is 0 Å². The van der Waals surface area contributed by atoms with E-state index in [2.05, 4.69) is 15.1 Å². The van der Waals surface area contributed by atoms with Crippen LogP contribution in [0.25, 0.3) is 11.4 Å². The van der Waals surface area contributed by atoms with E-state index in [0.29, 0.717) is 35.0 Å². The summed E-state index contributed by atoms with van der Waals surface area (Å²) >= 11 is 1.03. The van der Waals surface area contributed by atoms with E-state index in [1.807, 2.05) is 0 Å². The second kappa shape index (κ2) is 8.55. The molecule has 0 aliphatic rings. The van der Waals surface area contributed by atoms with Gasteiger partial charge in [0.05, 0.1) is 23.1 Å². The predicted molar refractivity (Wildman–Crippen MR) is 94.0 cm³/mol. The summed E-state index contributed by atoms with van der Waals surface area (Å²) in [5.74, 6) is 0.107. The topological polar surface area (TPSA) is 90.1 Å². The van der Waals surface area contributed by atoms with Gasteiger partial charge in [0.2, 0.25) is 5.06 Å². The molecule has 0 spiro atoms. The average molecular weight is 430 g/mol. The minimum absolute atomic E-state index is 0.0714. The first kappa shape index (κ1) is 20.7. The highest BCUT2D eigenvalue weighted by Gasteiger charge is 2.28. The van der Waals surface area contributed by atoms with Crippen LogP contribution in [-0.2, 0) is 12.8 Å². The molecule has 0 bridgehead atoms. The maximum Gasteiger partial charge on any atom is 0.413 e. The molecule has 1 amide bonds. The number of hydrogen-bond acceptors (Lipinski definition) is 7. The number of ether oxygens (including phenoxy) is 1. The van der Waals surface area contributed by atoms with Gasteiger partial charge >= 0.3 is 12.3 Å². The quantitative estimate of drug-likeness (QED) is 0.593. The smallest absolute Gasteiger partial charge is 0.397 e. The van der Waals surface area contributed by atoms with E-state index in [1.165, 1.54) is 18.3 Å². The Kier molecular flexibility index (Phi) is 6.11. The van der Waals surface area contributed by atoms with E-state index < -0.39 is 24.6 Å². The molecule has 1 N–H and O–H groups in total. The molecular weight excluding hydrogens is 416 g/mol. The number of nitrogens with one attached hydrogen (secondary N) is 1. The minimum atomic E-state index is -4.52. The van der Waals surface area contributed by atoms with Crippen molar-refractivity contribution in [3.8, 4) is 16.5 Å². The minimum Gasteiger partial charge on any atom is -0.397 e. The SMILES string of the molecule is Cc1onc(-c2ccc(F)cn2)c1CCc1ncc(OC(=O)NCC(F)(F)F)s1. The van der Waals surface area contributed by atoms with Gasteiger partial charge in [-0.3, -0.25) is 4.98 Å². The third-order valence-electron chi connectivity index (χ3n) is 3.70. The highest BCUT2D eigenvalue weighted by atomic mass is 32.1. The number of amides is 1. The summed E-state index contributed by atoms with van der Waals surface area (Å²) in [7, 11) is 0.